The minimum Gasteiger partial charge on any atom is -0.355 e. The number of nitrogens with zero attached hydrogens (tertiary/aromatic N) is 4. The molecule has 2 heterocycles. The van der Waals surface area contributed by atoms with E-state index in [-0.39, 0.29) is 30.1 Å². The number of aromatic nitrogens is 2. The molecule has 2 aromatic rings. The number of amides is 1. The van der Waals surface area contributed by atoms with Gasteiger partial charge in [-0.05, 0) is 38.0 Å². The smallest absolute Gasteiger partial charge is 0.291 e. The molecular formula is C19H24FN5O. The lowest BCUT2D eigenvalue weighted by molar-refractivity contribution is 0.0772. The van der Waals surface area contributed by atoms with E-state index in [1.807, 2.05) is 13.8 Å². The monoisotopic (exact) mass is 357 g/mol. The molecule has 1 fully saturated rings. The van der Waals surface area contributed by atoms with Crippen LogP contribution in [0.25, 0.3) is 0 Å². The van der Waals surface area contributed by atoms with E-state index in [4.69, 9.17) is 5.73 Å². The van der Waals surface area contributed by atoms with Crippen molar-refractivity contribution in [2.24, 2.45) is 5.73 Å². The highest BCUT2D eigenvalue weighted by Crippen LogP contribution is 2.24. The van der Waals surface area contributed by atoms with E-state index in [0.29, 0.717) is 0 Å². The quantitative estimate of drug-likeness (QED) is 0.906. The van der Waals surface area contributed by atoms with Crippen LogP contribution in [0.15, 0.2) is 24.3 Å². The fourth-order valence-corrected chi connectivity index (χ4v) is 3.15. The maximum atomic E-state index is 13.4. The zero-order chi connectivity index (χ0) is 18.8. The van der Waals surface area contributed by atoms with Gasteiger partial charge in [-0.3, -0.25) is 4.79 Å². The largest absolute Gasteiger partial charge is 0.355 e. The highest BCUT2D eigenvalue weighted by molar-refractivity contribution is 5.90. The molecule has 3 rings (SSSR count). The van der Waals surface area contributed by atoms with Gasteiger partial charge < -0.3 is 15.5 Å². The predicted molar refractivity (Wildman–Crippen MR) is 98.5 cm³/mol. The van der Waals surface area contributed by atoms with Gasteiger partial charge in [0, 0.05) is 44.0 Å². The van der Waals surface area contributed by atoms with E-state index in [0.717, 1.165) is 42.1 Å². The van der Waals surface area contributed by atoms with E-state index >= 15 is 0 Å². The van der Waals surface area contributed by atoms with Crippen LogP contribution in [-0.4, -0.2) is 47.0 Å². The molecule has 138 valence electrons. The van der Waals surface area contributed by atoms with E-state index in [1.165, 1.54) is 17.0 Å². The fraction of sp³-hybridized carbons (Fsp3) is 0.421. The second kappa shape index (κ2) is 7.37. The Balaban J connectivity index is 1.83. The fourth-order valence-electron chi connectivity index (χ4n) is 3.15. The molecule has 1 amide bonds. The minimum atomic E-state index is -0.321. The Morgan fingerprint density at radius 1 is 1.38 bits per heavy atom. The third kappa shape index (κ3) is 3.83. The first-order valence-electron chi connectivity index (χ1n) is 8.71. The summed E-state index contributed by atoms with van der Waals surface area (Å²) in [6, 6.07) is 6.34. The number of nitrogens with two attached hydrogens (primary N) is 1. The number of aryl methyl sites for hydroxylation is 1. The van der Waals surface area contributed by atoms with Crippen molar-refractivity contribution in [2.45, 2.75) is 32.9 Å². The van der Waals surface area contributed by atoms with Crippen LogP contribution >= 0.6 is 0 Å². The van der Waals surface area contributed by atoms with Crippen LogP contribution in [-0.2, 0) is 6.54 Å². The summed E-state index contributed by atoms with van der Waals surface area (Å²) in [5.41, 5.74) is 8.46. The summed E-state index contributed by atoms with van der Waals surface area (Å²) in [6.07, 6.45) is 0.908. The molecule has 0 bridgehead atoms. The normalized spacial score (nSPS) is 16.8. The molecule has 1 aliphatic rings. The molecule has 1 aromatic carbocycles. The summed E-state index contributed by atoms with van der Waals surface area (Å²) >= 11 is 0. The summed E-state index contributed by atoms with van der Waals surface area (Å²) in [5, 5.41) is 0. The molecule has 0 saturated carbocycles. The van der Waals surface area contributed by atoms with E-state index < -0.39 is 0 Å². The standard InChI is InChI=1S/C19H24FN5O/c1-12-13(2)22-17(23-18(12)25-8-7-16(21)11-25)19(26)24(3)10-14-5-4-6-15(20)9-14/h4-6,9,16H,7-8,10-11,21H2,1-3H3/t16-/m1/s1. The molecule has 1 saturated heterocycles. The number of carbonyl (C=O) groups excluding carboxylic acids is 1. The Kier molecular flexibility index (Phi) is 5.18. The summed E-state index contributed by atoms with van der Waals surface area (Å²) in [4.78, 5) is 25.3. The second-order valence-corrected chi connectivity index (χ2v) is 6.87. The van der Waals surface area contributed by atoms with Crippen LogP contribution < -0.4 is 10.6 Å². The van der Waals surface area contributed by atoms with Gasteiger partial charge in [-0.15, -0.1) is 0 Å². The number of hydrogen-bond acceptors (Lipinski definition) is 5. The van der Waals surface area contributed by atoms with Crippen molar-refractivity contribution in [3.63, 3.8) is 0 Å². The van der Waals surface area contributed by atoms with Crippen molar-refractivity contribution in [3.05, 3.63) is 52.7 Å². The van der Waals surface area contributed by atoms with E-state index in [1.54, 1.807) is 19.2 Å². The number of hydrogen-bond donors (Lipinski definition) is 1. The molecule has 1 atom stereocenters. The van der Waals surface area contributed by atoms with Crippen LogP contribution in [0.4, 0.5) is 10.2 Å². The summed E-state index contributed by atoms with van der Waals surface area (Å²) in [6.45, 7) is 5.67. The average molecular weight is 357 g/mol. The third-order valence-corrected chi connectivity index (χ3v) is 4.73. The number of benzene rings is 1. The maximum absolute atomic E-state index is 13.4. The van der Waals surface area contributed by atoms with Gasteiger partial charge in [0.2, 0.25) is 5.82 Å². The van der Waals surface area contributed by atoms with Crippen molar-refractivity contribution in [2.75, 3.05) is 25.0 Å². The SMILES string of the molecule is Cc1nc(C(=O)N(C)Cc2cccc(F)c2)nc(N2CC[C@@H](N)C2)c1C. The molecular weight excluding hydrogens is 333 g/mol. The first kappa shape index (κ1) is 18.3. The van der Waals surface area contributed by atoms with E-state index in [9.17, 15) is 9.18 Å². The number of rotatable bonds is 4. The highest BCUT2D eigenvalue weighted by atomic mass is 19.1. The van der Waals surface area contributed by atoms with Crippen molar-refractivity contribution in [1.82, 2.24) is 14.9 Å². The van der Waals surface area contributed by atoms with Gasteiger partial charge in [0.1, 0.15) is 11.6 Å². The van der Waals surface area contributed by atoms with Gasteiger partial charge in [0.05, 0.1) is 0 Å². The predicted octanol–water partition coefficient (Wildman–Crippen LogP) is 2.04. The Labute approximate surface area is 152 Å². The van der Waals surface area contributed by atoms with Crippen LogP contribution in [0.1, 0.15) is 33.9 Å². The molecule has 0 spiro atoms. The first-order valence-corrected chi connectivity index (χ1v) is 8.71. The zero-order valence-electron chi connectivity index (χ0n) is 15.4. The van der Waals surface area contributed by atoms with Gasteiger partial charge >= 0.3 is 0 Å². The molecule has 0 unspecified atom stereocenters. The van der Waals surface area contributed by atoms with Gasteiger partial charge in [0.15, 0.2) is 0 Å². The molecule has 1 aromatic heterocycles. The van der Waals surface area contributed by atoms with Gasteiger partial charge in [-0.1, -0.05) is 12.1 Å². The molecule has 0 radical (unpaired) electrons. The third-order valence-electron chi connectivity index (χ3n) is 4.73. The van der Waals surface area contributed by atoms with Crippen LogP contribution in [0.3, 0.4) is 0 Å². The van der Waals surface area contributed by atoms with Gasteiger partial charge in [-0.25, -0.2) is 14.4 Å². The number of carbonyl (C=O) groups is 1. The van der Waals surface area contributed by atoms with Crippen molar-refractivity contribution >= 4 is 11.7 Å². The van der Waals surface area contributed by atoms with Crippen LogP contribution in [0, 0.1) is 19.7 Å². The molecule has 7 heteroatoms. The van der Waals surface area contributed by atoms with Crippen LogP contribution in [0.2, 0.25) is 0 Å². The van der Waals surface area contributed by atoms with Gasteiger partial charge in [-0.2, -0.15) is 0 Å². The lowest BCUT2D eigenvalue weighted by atomic mass is 10.2. The summed E-state index contributed by atoms with van der Waals surface area (Å²) in [7, 11) is 1.66. The van der Waals surface area contributed by atoms with Gasteiger partial charge in [0.25, 0.3) is 5.91 Å². The lowest BCUT2D eigenvalue weighted by Gasteiger charge is -2.22. The molecule has 26 heavy (non-hydrogen) atoms. The second-order valence-electron chi connectivity index (χ2n) is 6.87. The Morgan fingerprint density at radius 3 is 2.81 bits per heavy atom. The Morgan fingerprint density at radius 2 is 2.15 bits per heavy atom. The Bertz CT molecular complexity index is 826. The minimum absolute atomic E-state index is 0.125. The average Bonchev–Trinajstić information content (AvgIpc) is 3.02. The molecule has 0 aliphatic carbocycles. The highest BCUT2D eigenvalue weighted by Gasteiger charge is 2.25. The topological polar surface area (TPSA) is 75.4 Å². The molecule has 2 N–H and O–H groups in total. The van der Waals surface area contributed by atoms with Crippen molar-refractivity contribution in [1.29, 1.82) is 0 Å². The Hall–Kier alpha value is -2.54. The molecule has 6 nitrogen and oxygen atoms in total. The number of halogens is 1. The van der Waals surface area contributed by atoms with Crippen LogP contribution in [0.5, 0.6) is 0 Å². The summed E-state index contributed by atoms with van der Waals surface area (Å²) in [5.74, 6) is 0.316. The lowest BCUT2D eigenvalue weighted by Crippen LogP contribution is -2.31. The summed E-state index contributed by atoms with van der Waals surface area (Å²) < 4.78 is 13.4. The van der Waals surface area contributed by atoms with Crippen molar-refractivity contribution < 1.29 is 9.18 Å². The zero-order valence-corrected chi connectivity index (χ0v) is 15.4. The van der Waals surface area contributed by atoms with E-state index in [2.05, 4.69) is 14.9 Å². The first-order chi connectivity index (χ1) is 12.3. The molecule has 1 aliphatic heterocycles. The number of anilines is 1. The maximum Gasteiger partial charge on any atom is 0.291 e. The van der Waals surface area contributed by atoms with Crippen molar-refractivity contribution in [3.8, 4) is 0 Å².